The highest BCUT2D eigenvalue weighted by molar-refractivity contribution is 6.32. The predicted octanol–water partition coefficient (Wildman–Crippen LogP) is 3.56. The van der Waals surface area contributed by atoms with Crippen LogP contribution in [0.2, 0.25) is 0 Å². The largest absolute Gasteiger partial charge is 0.490 e. The van der Waals surface area contributed by atoms with Crippen molar-refractivity contribution in [3.05, 3.63) is 23.8 Å². The van der Waals surface area contributed by atoms with Crippen molar-refractivity contribution >= 4 is 19.4 Å². The Labute approximate surface area is 155 Å². The Hall–Kier alpha value is -1.79. The van der Waals surface area contributed by atoms with Crippen LogP contribution in [-0.2, 0) is 4.74 Å². The molecule has 1 aromatic carbocycles. The second-order valence-corrected chi connectivity index (χ2v) is 7.71. The van der Waals surface area contributed by atoms with Crippen molar-refractivity contribution in [1.29, 1.82) is 0 Å². The highest BCUT2D eigenvalue weighted by atomic mass is 19.1. The van der Waals surface area contributed by atoms with Gasteiger partial charge in [0.1, 0.15) is 19.3 Å². The molecule has 1 heterocycles. The summed E-state index contributed by atoms with van der Waals surface area (Å²) in [5.41, 5.74) is -0.714. The molecule has 0 bridgehead atoms. The highest BCUT2D eigenvalue weighted by Crippen LogP contribution is 2.24. The van der Waals surface area contributed by atoms with Crippen molar-refractivity contribution in [2.45, 2.75) is 52.1 Å². The number of hydrogen-bond acceptors (Lipinski definition) is 3. The molecule has 1 fully saturated rings. The van der Waals surface area contributed by atoms with Crippen LogP contribution < -0.4 is 10.2 Å². The molecule has 2 radical (unpaired) electrons. The van der Waals surface area contributed by atoms with Crippen LogP contribution in [0, 0.1) is 17.6 Å². The second kappa shape index (κ2) is 8.74. The van der Waals surface area contributed by atoms with E-state index in [0.29, 0.717) is 25.6 Å². The first kappa shape index (κ1) is 20.5. The summed E-state index contributed by atoms with van der Waals surface area (Å²) < 4.78 is 37.7. The topological polar surface area (TPSA) is 38.8 Å². The number of hydrogen-bond donors (Lipinski definition) is 0. The lowest BCUT2D eigenvalue weighted by atomic mass is 9.92. The minimum atomic E-state index is -0.684. The van der Waals surface area contributed by atoms with Crippen molar-refractivity contribution in [3.63, 3.8) is 0 Å². The molecule has 1 aliphatic heterocycles. The number of rotatable bonds is 5. The molecule has 0 N–H and O–H groups in total. The van der Waals surface area contributed by atoms with Crippen LogP contribution in [0.4, 0.5) is 13.6 Å². The Morgan fingerprint density at radius 3 is 2.50 bits per heavy atom. The van der Waals surface area contributed by atoms with E-state index in [4.69, 9.17) is 17.3 Å². The molecule has 1 aromatic rings. The van der Waals surface area contributed by atoms with Gasteiger partial charge in [-0.25, -0.2) is 13.6 Å². The number of nitrogens with zero attached hydrogens (tertiary/aromatic N) is 1. The van der Waals surface area contributed by atoms with Crippen molar-refractivity contribution in [2.24, 2.45) is 5.92 Å². The van der Waals surface area contributed by atoms with E-state index in [2.05, 4.69) is 0 Å². The lowest BCUT2D eigenvalue weighted by Crippen LogP contribution is -2.41. The van der Waals surface area contributed by atoms with Crippen LogP contribution in [0.25, 0.3) is 0 Å². The Bertz CT molecular complexity index is 626. The van der Waals surface area contributed by atoms with Crippen LogP contribution in [0.3, 0.4) is 0 Å². The number of ether oxygens (including phenoxy) is 2. The average Bonchev–Trinajstić information content (AvgIpc) is 2.55. The number of carbonyl (C=O) groups is 1. The zero-order valence-corrected chi connectivity index (χ0v) is 15.7. The molecule has 0 saturated carbocycles. The van der Waals surface area contributed by atoms with Gasteiger partial charge >= 0.3 is 6.09 Å². The zero-order chi connectivity index (χ0) is 19.3. The van der Waals surface area contributed by atoms with E-state index in [1.807, 2.05) is 20.8 Å². The molecule has 2 rings (SSSR count). The van der Waals surface area contributed by atoms with E-state index >= 15 is 0 Å². The first-order valence-electron chi connectivity index (χ1n) is 9.01. The second-order valence-electron chi connectivity index (χ2n) is 7.71. The minimum Gasteiger partial charge on any atom is -0.490 e. The average molecular weight is 365 g/mol. The molecule has 1 aliphatic rings. The summed E-state index contributed by atoms with van der Waals surface area (Å²) in [6.45, 7) is 7.23. The van der Waals surface area contributed by atoms with Gasteiger partial charge in [-0.3, -0.25) is 0 Å². The lowest BCUT2D eigenvalue weighted by molar-refractivity contribution is 0.0179. The summed E-state index contributed by atoms with van der Waals surface area (Å²) in [6, 6.07) is 1.90. The maximum Gasteiger partial charge on any atom is 0.410 e. The lowest BCUT2D eigenvalue weighted by Gasteiger charge is -2.33. The number of halogens is 2. The van der Waals surface area contributed by atoms with E-state index in [-0.39, 0.29) is 17.3 Å². The molecule has 26 heavy (non-hydrogen) atoms. The monoisotopic (exact) mass is 365 g/mol. The molecule has 1 saturated heterocycles. The van der Waals surface area contributed by atoms with Gasteiger partial charge in [-0.05, 0) is 58.4 Å². The molecule has 142 valence electrons. The molecular formula is C19H26BF2NO3. The number of piperidine rings is 1. The van der Waals surface area contributed by atoms with Crippen LogP contribution in [-0.4, -0.2) is 44.1 Å². The maximum atomic E-state index is 13.6. The Morgan fingerprint density at radius 1 is 1.23 bits per heavy atom. The van der Waals surface area contributed by atoms with Crippen LogP contribution in [0.5, 0.6) is 5.75 Å². The van der Waals surface area contributed by atoms with Gasteiger partial charge in [0.15, 0.2) is 11.6 Å². The predicted molar refractivity (Wildman–Crippen MR) is 97.0 cm³/mol. The molecule has 7 heteroatoms. The molecule has 1 amide bonds. The summed E-state index contributed by atoms with van der Waals surface area (Å²) in [5.74, 6) is -0.966. The van der Waals surface area contributed by atoms with Gasteiger partial charge in [0.05, 0.1) is 6.61 Å². The Balaban J connectivity index is 1.68. The van der Waals surface area contributed by atoms with Gasteiger partial charge in [-0.2, -0.15) is 0 Å². The third-order valence-electron chi connectivity index (χ3n) is 4.33. The first-order valence-corrected chi connectivity index (χ1v) is 9.01. The Morgan fingerprint density at radius 2 is 1.88 bits per heavy atom. The number of amides is 1. The summed E-state index contributed by atoms with van der Waals surface area (Å²) >= 11 is 0. The van der Waals surface area contributed by atoms with E-state index in [1.54, 1.807) is 4.90 Å². The number of carbonyl (C=O) groups excluding carboxylic acids is 1. The Kier molecular flexibility index (Phi) is 6.90. The third-order valence-corrected chi connectivity index (χ3v) is 4.33. The summed E-state index contributed by atoms with van der Waals surface area (Å²) in [7, 11) is 5.30. The number of likely N-dealkylation sites (tertiary alicyclic amines) is 1. The van der Waals surface area contributed by atoms with Gasteiger partial charge in [-0.1, -0.05) is 5.46 Å². The van der Waals surface area contributed by atoms with Gasteiger partial charge < -0.3 is 14.4 Å². The SMILES string of the molecule is [B]c1cc(F)c(OCCCC2CCN(C(=O)OC(C)(C)C)CC2)cc1F. The normalized spacial score (nSPS) is 15.8. The van der Waals surface area contributed by atoms with E-state index in [0.717, 1.165) is 37.8 Å². The molecular weight excluding hydrogens is 339 g/mol. The van der Waals surface area contributed by atoms with Gasteiger partial charge in [0.25, 0.3) is 0 Å². The maximum absolute atomic E-state index is 13.6. The number of benzene rings is 1. The third kappa shape index (κ3) is 6.18. The van der Waals surface area contributed by atoms with E-state index in [1.165, 1.54) is 0 Å². The molecule has 0 aliphatic carbocycles. The first-order chi connectivity index (χ1) is 12.2. The molecule has 4 nitrogen and oxygen atoms in total. The van der Waals surface area contributed by atoms with E-state index in [9.17, 15) is 13.6 Å². The van der Waals surface area contributed by atoms with Crippen LogP contribution in [0.1, 0.15) is 46.5 Å². The standard InChI is InChI=1S/C19H26BF2NO3/c1-19(2,3)26-18(24)23-8-6-13(7-9-23)5-4-10-25-17-12-15(21)14(20)11-16(17)22/h11-13H,4-10H2,1-3H3. The van der Waals surface area contributed by atoms with Crippen molar-refractivity contribution < 1.29 is 23.0 Å². The minimum absolute atomic E-state index is 0.114. The van der Waals surface area contributed by atoms with Crippen LogP contribution >= 0.6 is 0 Å². The molecule has 0 unspecified atom stereocenters. The van der Waals surface area contributed by atoms with E-state index < -0.39 is 17.2 Å². The van der Waals surface area contributed by atoms with Gasteiger partial charge in [0.2, 0.25) is 0 Å². The summed E-state index contributed by atoms with van der Waals surface area (Å²) in [6.07, 6.45) is 3.21. The molecule has 0 spiro atoms. The fourth-order valence-corrected chi connectivity index (χ4v) is 2.94. The quantitative estimate of drug-likeness (QED) is 0.592. The zero-order valence-electron chi connectivity index (χ0n) is 15.7. The van der Waals surface area contributed by atoms with Gasteiger partial charge in [0, 0.05) is 19.2 Å². The highest BCUT2D eigenvalue weighted by Gasteiger charge is 2.26. The summed E-state index contributed by atoms with van der Waals surface area (Å²) in [4.78, 5) is 13.8. The smallest absolute Gasteiger partial charge is 0.410 e. The van der Waals surface area contributed by atoms with Gasteiger partial charge in [-0.15, -0.1) is 0 Å². The van der Waals surface area contributed by atoms with Crippen molar-refractivity contribution in [3.8, 4) is 5.75 Å². The fraction of sp³-hybridized carbons (Fsp3) is 0.632. The molecule has 0 aromatic heterocycles. The van der Waals surface area contributed by atoms with Crippen LogP contribution in [0.15, 0.2) is 12.1 Å². The van der Waals surface area contributed by atoms with Crippen molar-refractivity contribution in [1.82, 2.24) is 4.90 Å². The summed E-state index contributed by atoms with van der Waals surface area (Å²) in [5, 5.41) is 0. The fourth-order valence-electron chi connectivity index (χ4n) is 2.94. The van der Waals surface area contributed by atoms with Crippen molar-refractivity contribution in [2.75, 3.05) is 19.7 Å². The molecule has 0 atom stereocenters.